The molecule has 6 atom stereocenters. The van der Waals surface area contributed by atoms with Crippen molar-refractivity contribution in [2.45, 2.75) is 80.1 Å². The molecule has 0 N–H and O–H groups in total. The van der Waals surface area contributed by atoms with Gasteiger partial charge in [-0.15, -0.1) is 0 Å². The average molecular weight is 757 g/mol. The molecule has 0 bridgehead atoms. The van der Waals surface area contributed by atoms with E-state index in [1.54, 1.807) is 24.3 Å². The van der Waals surface area contributed by atoms with E-state index in [2.05, 4.69) is 63.2 Å². The molecular formula is C46H44O8S. The normalized spacial score (nSPS) is 23.2. The third-order valence-electron chi connectivity index (χ3n) is 10.5. The summed E-state index contributed by atoms with van der Waals surface area (Å²) in [6.07, 6.45) is -5.37. The highest BCUT2D eigenvalue weighted by atomic mass is 32.2. The van der Waals surface area contributed by atoms with Crippen LogP contribution in [-0.4, -0.2) is 55.2 Å². The predicted molar refractivity (Wildman–Crippen MR) is 210 cm³/mol. The Morgan fingerprint density at radius 2 is 1.38 bits per heavy atom. The lowest BCUT2D eigenvalue weighted by Gasteiger charge is -2.48. The number of benzene rings is 5. The van der Waals surface area contributed by atoms with Gasteiger partial charge in [0, 0.05) is 16.4 Å². The molecule has 55 heavy (non-hydrogen) atoms. The van der Waals surface area contributed by atoms with Gasteiger partial charge < -0.3 is 28.4 Å². The Hall–Kier alpha value is -4.93. The largest absolute Gasteiger partial charge is 0.508 e. The second kappa shape index (κ2) is 15.7. The number of thioether (sulfide) groups is 1. The Morgan fingerprint density at radius 3 is 2.05 bits per heavy atom. The lowest BCUT2D eigenvalue weighted by Crippen LogP contribution is -2.63. The minimum Gasteiger partial charge on any atom is -0.451 e. The van der Waals surface area contributed by atoms with E-state index in [0.29, 0.717) is 5.56 Å². The molecular weight excluding hydrogens is 713 g/mol. The number of fused-ring (bicyclic) bond motifs is 4. The topological polar surface area (TPSA) is 89.5 Å². The van der Waals surface area contributed by atoms with Gasteiger partial charge in [0.1, 0.15) is 24.3 Å². The fourth-order valence-electron chi connectivity index (χ4n) is 7.50. The molecule has 2 fully saturated rings. The maximum Gasteiger partial charge on any atom is 0.508 e. The van der Waals surface area contributed by atoms with E-state index < -0.39 is 48.3 Å². The molecule has 8 rings (SSSR count). The molecule has 1 aliphatic carbocycles. The molecule has 0 radical (unpaired) electrons. The molecule has 0 amide bonds. The summed E-state index contributed by atoms with van der Waals surface area (Å²) in [6, 6.07) is 41.0. The Balaban J connectivity index is 1.12. The fourth-order valence-corrected chi connectivity index (χ4v) is 8.74. The summed E-state index contributed by atoms with van der Waals surface area (Å²) >= 11 is 1.43. The predicted octanol–water partition coefficient (Wildman–Crippen LogP) is 9.78. The van der Waals surface area contributed by atoms with Crippen LogP contribution in [0.15, 0.2) is 132 Å². The first-order chi connectivity index (χ1) is 26.6. The van der Waals surface area contributed by atoms with E-state index in [9.17, 15) is 9.59 Å². The molecule has 2 aliphatic heterocycles. The monoisotopic (exact) mass is 756 g/mol. The van der Waals surface area contributed by atoms with Crippen LogP contribution in [0.4, 0.5) is 4.79 Å². The van der Waals surface area contributed by atoms with Crippen molar-refractivity contribution >= 4 is 23.9 Å². The molecule has 2 saturated heterocycles. The van der Waals surface area contributed by atoms with Gasteiger partial charge >= 0.3 is 12.1 Å². The zero-order valence-corrected chi connectivity index (χ0v) is 32.1. The molecule has 9 heteroatoms. The van der Waals surface area contributed by atoms with Gasteiger partial charge in [0.15, 0.2) is 18.5 Å². The number of carbonyl (C=O) groups excluding carboxylic acids is 2. The van der Waals surface area contributed by atoms with Crippen molar-refractivity contribution in [2.75, 3.05) is 13.2 Å². The highest BCUT2D eigenvalue weighted by molar-refractivity contribution is 7.99. The summed E-state index contributed by atoms with van der Waals surface area (Å²) in [4.78, 5) is 28.8. The molecule has 282 valence electrons. The van der Waals surface area contributed by atoms with Crippen LogP contribution >= 0.6 is 11.8 Å². The Labute approximate surface area is 326 Å². The standard InChI is InChI=1S/C46H44O8S/c1-28-23-24-31(46(2,3)4)25-38(28)55-44-41(52-42(47)29-15-7-5-8-16-29)40(39-37(51-44)27-49-43(53-39)30-17-9-6-10-18-30)54-45(48)50-26-36-34-21-13-11-19-32(34)33-20-12-14-22-35(33)36/h5-25,36-37,39-41,43-44H,26-27H2,1-4H3/t37-,39-,40+,41-,43?,44+/m1/s1. The summed E-state index contributed by atoms with van der Waals surface area (Å²) in [7, 11) is 0. The molecule has 8 nitrogen and oxygen atoms in total. The minimum atomic E-state index is -1.11. The van der Waals surface area contributed by atoms with E-state index in [-0.39, 0.29) is 24.5 Å². The van der Waals surface area contributed by atoms with E-state index >= 15 is 0 Å². The number of aryl methyl sites for hydroxylation is 1. The fraction of sp³-hybridized carbons (Fsp3) is 0.304. The lowest BCUT2D eigenvalue weighted by atomic mass is 9.87. The first kappa shape index (κ1) is 37.0. The van der Waals surface area contributed by atoms with Crippen molar-refractivity contribution in [2.24, 2.45) is 0 Å². The van der Waals surface area contributed by atoms with E-state index in [1.807, 2.05) is 67.6 Å². The van der Waals surface area contributed by atoms with Gasteiger partial charge in [0.2, 0.25) is 0 Å². The summed E-state index contributed by atoms with van der Waals surface area (Å²) in [6.45, 7) is 8.74. The summed E-state index contributed by atoms with van der Waals surface area (Å²) in [5.41, 5.74) is 6.84. The first-order valence-electron chi connectivity index (χ1n) is 18.7. The molecule has 5 aromatic rings. The quantitative estimate of drug-likeness (QED) is 0.144. The number of esters is 1. The van der Waals surface area contributed by atoms with Gasteiger partial charge in [-0.25, -0.2) is 9.59 Å². The number of hydrogen-bond donors (Lipinski definition) is 0. The van der Waals surface area contributed by atoms with Gasteiger partial charge in [0.05, 0.1) is 12.2 Å². The Morgan fingerprint density at radius 1 is 0.745 bits per heavy atom. The second-order valence-corrected chi connectivity index (χ2v) is 16.3. The summed E-state index contributed by atoms with van der Waals surface area (Å²) in [5.74, 6) is -0.747. The average Bonchev–Trinajstić information content (AvgIpc) is 3.52. The van der Waals surface area contributed by atoms with Crippen LogP contribution in [0.3, 0.4) is 0 Å². The van der Waals surface area contributed by atoms with Crippen LogP contribution in [0.25, 0.3) is 11.1 Å². The van der Waals surface area contributed by atoms with Crippen molar-refractivity contribution in [3.63, 3.8) is 0 Å². The third-order valence-corrected chi connectivity index (χ3v) is 11.8. The van der Waals surface area contributed by atoms with Crippen LogP contribution in [0, 0.1) is 6.92 Å². The van der Waals surface area contributed by atoms with Crippen molar-refractivity contribution in [3.8, 4) is 11.1 Å². The minimum absolute atomic E-state index is 0.0617. The zero-order valence-electron chi connectivity index (χ0n) is 31.3. The molecule has 1 unspecified atom stereocenters. The molecule has 2 heterocycles. The van der Waals surface area contributed by atoms with Crippen LogP contribution < -0.4 is 0 Å². The van der Waals surface area contributed by atoms with Gasteiger partial charge in [-0.05, 0) is 63.9 Å². The van der Waals surface area contributed by atoms with Crippen LogP contribution in [0.5, 0.6) is 0 Å². The van der Waals surface area contributed by atoms with E-state index in [1.165, 1.54) is 11.8 Å². The number of rotatable bonds is 8. The first-order valence-corrected chi connectivity index (χ1v) is 19.5. The number of hydrogen-bond acceptors (Lipinski definition) is 9. The zero-order chi connectivity index (χ0) is 38.1. The maximum atomic E-state index is 14.0. The molecule has 3 aliphatic rings. The number of carbonyl (C=O) groups is 2. The van der Waals surface area contributed by atoms with Crippen LogP contribution in [0.2, 0.25) is 0 Å². The maximum absolute atomic E-state index is 14.0. The highest BCUT2D eigenvalue weighted by Gasteiger charge is 2.54. The lowest BCUT2D eigenvalue weighted by molar-refractivity contribution is -0.318. The molecule has 0 saturated carbocycles. The summed E-state index contributed by atoms with van der Waals surface area (Å²) < 4.78 is 38.1. The van der Waals surface area contributed by atoms with Gasteiger partial charge in [-0.1, -0.05) is 142 Å². The smallest absolute Gasteiger partial charge is 0.451 e. The van der Waals surface area contributed by atoms with Gasteiger partial charge in [-0.3, -0.25) is 0 Å². The molecule has 0 aromatic heterocycles. The van der Waals surface area contributed by atoms with Crippen LogP contribution in [0.1, 0.15) is 71.2 Å². The molecule has 0 spiro atoms. The van der Waals surface area contributed by atoms with Crippen molar-refractivity contribution in [3.05, 3.63) is 161 Å². The SMILES string of the molecule is Cc1ccc(C(C)(C)C)cc1S[C@@H]1O[C@@H]2COC(c3ccccc3)O[C@H]2[C@H](OC(=O)OCC2c3ccccc3-c3ccccc32)[C@H]1OC(=O)c1ccccc1. The van der Waals surface area contributed by atoms with Crippen molar-refractivity contribution in [1.29, 1.82) is 0 Å². The van der Waals surface area contributed by atoms with Crippen molar-refractivity contribution in [1.82, 2.24) is 0 Å². The Kier molecular flexibility index (Phi) is 10.5. The Bertz CT molecular complexity index is 2100. The molecule has 5 aromatic carbocycles. The highest BCUT2D eigenvalue weighted by Crippen LogP contribution is 2.46. The van der Waals surface area contributed by atoms with E-state index in [4.69, 9.17) is 28.4 Å². The van der Waals surface area contributed by atoms with Crippen LogP contribution in [-0.2, 0) is 33.8 Å². The third kappa shape index (κ3) is 7.80. The van der Waals surface area contributed by atoms with Gasteiger partial charge in [0.25, 0.3) is 0 Å². The van der Waals surface area contributed by atoms with Gasteiger partial charge in [-0.2, -0.15) is 0 Å². The van der Waals surface area contributed by atoms with E-state index in [0.717, 1.165) is 43.8 Å². The van der Waals surface area contributed by atoms with Crippen molar-refractivity contribution < 1.29 is 38.0 Å². The second-order valence-electron chi connectivity index (χ2n) is 15.2. The summed E-state index contributed by atoms with van der Waals surface area (Å²) in [5, 5.41) is 0. The number of ether oxygens (including phenoxy) is 6.